The van der Waals surface area contributed by atoms with Gasteiger partial charge < -0.3 is 14.4 Å². The SMILES string of the molecule is O=C(/C=C/c1ccccc1)Oc1cccc(-c2nc(N3CCOCC3)c3sccc3n2)c1. The van der Waals surface area contributed by atoms with Crippen LogP contribution in [-0.4, -0.2) is 42.2 Å². The van der Waals surface area contributed by atoms with Crippen LogP contribution in [0.25, 0.3) is 27.7 Å². The lowest BCUT2D eigenvalue weighted by atomic mass is 10.2. The van der Waals surface area contributed by atoms with Crippen molar-refractivity contribution in [3.63, 3.8) is 0 Å². The molecule has 5 rings (SSSR count). The molecule has 0 bridgehead atoms. The van der Waals surface area contributed by atoms with Gasteiger partial charge in [0.25, 0.3) is 0 Å². The molecular weight excluding hydrogens is 422 g/mol. The van der Waals surface area contributed by atoms with E-state index in [0.29, 0.717) is 24.8 Å². The van der Waals surface area contributed by atoms with Gasteiger partial charge in [-0.1, -0.05) is 42.5 Å². The van der Waals surface area contributed by atoms with Gasteiger partial charge in [0.1, 0.15) is 5.75 Å². The minimum absolute atomic E-state index is 0.436. The van der Waals surface area contributed by atoms with Gasteiger partial charge in [-0.3, -0.25) is 0 Å². The summed E-state index contributed by atoms with van der Waals surface area (Å²) >= 11 is 1.64. The normalized spacial score (nSPS) is 14.2. The lowest BCUT2D eigenvalue weighted by molar-refractivity contribution is -0.128. The molecule has 0 radical (unpaired) electrons. The number of carbonyl (C=O) groups is 1. The molecule has 1 fully saturated rings. The van der Waals surface area contributed by atoms with Gasteiger partial charge in [0.05, 0.1) is 23.4 Å². The topological polar surface area (TPSA) is 64.5 Å². The van der Waals surface area contributed by atoms with E-state index in [1.807, 2.05) is 53.9 Å². The molecule has 0 unspecified atom stereocenters. The fourth-order valence-electron chi connectivity index (χ4n) is 3.54. The molecule has 6 nitrogen and oxygen atoms in total. The van der Waals surface area contributed by atoms with E-state index in [9.17, 15) is 4.79 Å². The lowest BCUT2D eigenvalue weighted by Gasteiger charge is -2.28. The molecule has 0 saturated carbocycles. The molecular formula is C25H21N3O3S. The second-order valence-corrected chi connectivity index (χ2v) is 8.21. The Labute approximate surface area is 189 Å². The van der Waals surface area contributed by atoms with E-state index in [4.69, 9.17) is 19.4 Å². The highest BCUT2D eigenvalue weighted by molar-refractivity contribution is 7.17. The Morgan fingerprint density at radius 3 is 2.72 bits per heavy atom. The summed E-state index contributed by atoms with van der Waals surface area (Å²) in [5.41, 5.74) is 2.64. The van der Waals surface area contributed by atoms with E-state index in [2.05, 4.69) is 4.90 Å². The first-order chi connectivity index (χ1) is 15.8. The number of nitrogens with zero attached hydrogens (tertiary/aromatic N) is 3. The molecule has 160 valence electrons. The summed E-state index contributed by atoms with van der Waals surface area (Å²) in [5, 5.41) is 2.03. The molecule has 2 aromatic carbocycles. The van der Waals surface area contributed by atoms with Crippen molar-refractivity contribution < 1.29 is 14.3 Å². The van der Waals surface area contributed by atoms with E-state index in [1.165, 1.54) is 6.08 Å². The van der Waals surface area contributed by atoms with E-state index in [0.717, 1.165) is 40.3 Å². The standard InChI is InChI=1S/C25H21N3O3S/c29-22(10-9-18-5-2-1-3-6-18)31-20-8-4-7-19(17-20)24-26-21-11-16-32-23(21)25(27-24)28-12-14-30-15-13-28/h1-11,16-17H,12-15H2/b10-9+. The summed E-state index contributed by atoms with van der Waals surface area (Å²) in [6.07, 6.45) is 3.15. The van der Waals surface area contributed by atoms with Crippen molar-refractivity contribution in [2.45, 2.75) is 0 Å². The molecule has 0 aliphatic carbocycles. The number of hydrogen-bond donors (Lipinski definition) is 0. The van der Waals surface area contributed by atoms with Crippen LogP contribution >= 0.6 is 11.3 Å². The van der Waals surface area contributed by atoms with Crippen molar-refractivity contribution in [3.05, 3.63) is 77.7 Å². The predicted molar refractivity (Wildman–Crippen MR) is 127 cm³/mol. The van der Waals surface area contributed by atoms with Gasteiger partial charge in [0.2, 0.25) is 0 Å². The molecule has 2 aromatic heterocycles. The van der Waals surface area contributed by atoms with Crippen molar-refractivity contribution in [3.8, 4) is 17.1 Å². The molecule has 3 heterocycles. The highest BCUT2D eigenvalue weighted by Crippen LogP contribution is 2.32. The zero-order valence-electron chi connectivity index (χ0n) is 17.3. The van der Waals surface area contributed by atoms with E-state index in [-0.39, 0.29) is 0 Å². The molecule has 0 atom stereocenters. The second kappa shape index (κ2) is 9.30. The van der Waals surface area contributed by atoms with Crippen molar-refractivity contribution >= 4 is 39.4 Å². The number of esters is 1. The molecule has 0 amide bonds. The lowest BCUT2D eigenvalue weighted by Crippen LogP contribution is -2.36. The number of ether oxygens (including phenoxy) is 2. The van der Waals surface area contributed by atoms with Gasteiger partial charge in [-0.25, -0.2) is 14.8 Å². The maximum absolute atomic E-state index is 12.3. The van der Waals surface area contributed by atoms with Gasteiger partial charge in [0.15, 0.2) is 11.6 Å². The number of hydrogen-bond acceptors (Lipinski definition) is 7. The van der Waals surface area contributed by atoms with Crippen molar-refractivity contribution in [2.24, 2.45) is 0 Å². The Bertz CT molecular complexity index is 1260. The van der Waals surface area contributed by atoms with Crippen LogP contribution < -0.4 is 9.64 Å². The molecule has 0 spiro atoms. The minimum atomic E-state index is -0.436. The summed E-state index contributed by atoms with van der Waals surface area (Å²) in [5.74, 6) is 1.55. The van der Waals surface area contributed by atoms with Gasteiger partial charge in [0, 0.05) is 24.7 Å². The monoisotopic (exact) mass is 443 g/mol. The molecule has 1 aliphatic heterocycles. The van der Waals surface area contributed by atoms with E-state index >= 15 is 0 Å². The summed E-state index contributed by atoms with van der Waals surface area (Å²) in [6, 6.07) is 18.9. The Kier molecular flexibility index (Phi) is 5.91. The number of morpholine rings is 1. The number of anilines is 1. The maximum Gasteiger partial charge on any atom is 0.336 e. The van der Waals surface area contributed by atoms with E-state index < -0.39 is 5.97 Å². The fourth-order valence-corrected chi connectivity index (χ4v) is 4.39. The van der Waals surface area contributed by atoms with Gasteiger partial charge in [-0.2, -0.15) is 0 Å². The molecule has 1 saturated heterocycles. The van der Waals surface area contributed by atoms with Crippen LogP contribution in [0.4, 0.5) is 5.82 Å². The number of carbonyl (C=O) groups excluding carboxylic acids is 1. The first kappa shape index (κ1) is 20.4. The van der Waals surface area contributed by atoms with Crippen LogP contribution in [0.3, 0.4) is 0 Å². The van der Waals surface area contributed by atoms with Gasteiger partial charge in [-0.15, -0.1) is 11.3 Å². The molecule has 0 N–H and O–H groups in total. The number of benzene rings is 2. The highest BCUT2D eigenvalue weighted by atomic mass is 32.1. The van der Waals surface area contributed by atoms with Crippen LogP contribution in [0.5, 0.6) is 5.75 Å². The summed E-state index contributed by atoms with van der Waals surface area (Å²) in [4.78, 5) is 24.1. The molecule has 32 heavy (non-hydrogen) atoms. The number of fused-ring (bicyclic) bond motifs is 1. The molecule has 7 heteroatoms. The quantitative estimate of drug-likeness (QED) is 0.250. The third kappa shape index (κ3) is 4.54. The summed E-state index contributed by atoms with van der Waals surface area (Å²) in [7, 11) is 0. The van der Waals surface area contributed by atoms with Crippen LogP contribution in [0.1, 0.15) is 5.56 Å². The Morgan fingerprint density at radius 1 is 1.03 bits per heavy atom. The smallest absolute Gasteiger partial charge is 0.336 e. The summed E-state index contributed by atoms with van der Waals surface area (Å²) < 4.78 is 12.1. The Hall–Kier alpha value is -3.55. The van der Waals surface area contributed by atoms with Gasteiger partial charge in [-0.05, 0) is 35.2 Å². The number of aromatic nitrogens is 2. The average molecular weight is 444 g/mol. The van der Waals surface area contributed by atoms with Crippen molar-refractivity contribution in [1.29, 1.82) is 0 Å². The van der Waals surface area contributed by atoms with Crippen LogP contribution in [-0.2, 0) is 9.53 Å². The Morgan fingerprint density at radius 2 is 1.88 bits per heavy atom. The number of rotatable bonds is 5. The molecule has 4 aromatic rings. The zero-order chi connectivity index (χ0) is 21.8. The Balaban J connectivity index is 1.40. The van der Waals surface area contributed by atoms with Crippen molar-refractivity contribution in [2.75, 3.05) is 31.2 Å². The average Bonchev–Trinajstić information content (AvgIpc) is 3.32. The zero-order valence-corrected chi connectivity index (χ0v) is 18.1. The third-order valence-corrected chi connectivity index (χ3v) is 6.02. The molecule has 1 aliphatic rings. The second-order valence-electron chi connectivity index (χ2n) is 7.30. The van der Waals surface area contributed by atoms with E-state index in [1.54, 1.807) is 29.5 Å². The largest absolute Gasteiger partial charge is 0.423 e. The highest BCUT2D eigenvalue weighted by Gasteiger charge is 2.19. The van der Waals surface area contributed by atoms with Crippen LogP contribution in [0, 0.1) is 0 Å². The summed E-state index contributed by atoms with van der Waals surface area (Å²) in [6.45, 7) is 2.98. The minimum Gasteiger partial charge on any atom is -0.423 e. The number of thiophene rings is 1. The van der Waals surface area contributed by atoms with Crippen molar-refractivity contribution in [1.82, 2.24) is 9.97 Å². The fraction of sp³-hybridized carbons (Fsp3) is 0.160. The first-order valence-corrected chi connectivity index (χ1v) is 11.3. The third-order valence-electron chi connectivity index (χ3n) is 5.12. The van der Waals surface area contributed by atoms with Crippen LogP contribution in [0.15, 0.2) is 72.1 Å². The predicted octanol–water partition coefficient (Wildman–Crippen LogP) is 4.81. The van der Waals surface area contributed by atoms with Crippen LogP contribution in [0.2, 0.25) is 0 Å². The van der Waals surface area contributed by atoms with Gasteiger partial charge >= 0.3 is 5.97 Å². The first-order valence-electron chi connectivity index (χ1n) is 10.4. The maximum atomic E-state index is 12.3.